The SMILES string of the molecule is CC1=NN(c2c(F)cccc2CNC(C)(C)C)CC1CN1CCC2(CC1)OCC(F)(F)c1cc(Cl)sc12. The molecule has 1 aromatic heterocycles. The minimum Gasteiger partial charge on any atom is -0.363 e. The van der Waals surface area contributed by atoms with Crippen LogP contribution < -0.4 is 10.3 Å². The fraction of sp³-hybridized carbons (Fsp3) is 0.593. The number of hydrazone groups is 1. The smallest absolute Gasteiger partial charge is 0.297 e. The van der Waals surface area contributed by atoms with Crippen molar-refractivity contribution in [1.29, 1.82) is 0 Å². The van der Waals surface area contributed by atoms with Crippen LogP contribution in [-0.4, -0.2) is 48.9 Å². The molecule has 1 unspecified atom stereocenters. The summed E-state index contributed by atoms with van der Waals surface area (Å²) in [6, 6.07) is 6.57. The van der Waals surface area contributed by atoms with Crippen molar-refractivity contribution in [2.45, 2.75) is 64.1 Å². The van der Waals surface area contributed by atoms with Crippen molar-refractivity contribution in [2.75, 3.05) is 37.8 Å². The van der Waals surface area contributed by atoms with Gasteiger partial charge in [0.05, 0.1) is 16.6 Å². The Labute approximate surface area is 225 Å². The molecule has 1 saturated heterocycles. The zero-order chi connectivity index (χ0) is 26.6. The van der Waals surface area contributed by atoms with Crippen molar-refractivity contribution < 1.29 is 17.9 Å². The lowest BCUT2D eigenvalue weighted by molar-refractivity contribution is -0.181. The number of ether oxygens (including phenoxy) is 1. The van der Waals surface area contributed by atoms with Gasteiger partial charge in [0.2, 0.25) is 0 Å². The minimum absolute atomic E-state index is 0.0262. The summed E-state index contributed by atoms with van der Waals surface area (Å²) in [5, 5.41) is 9.98. The van der Waals surface area contributed by atoms with Crippen LogP contribution >= 0.6 is 22.9 Å². The Kier molecular flexibility index (Phi) is 7.15. The van der Waals surface area contributed by atoms with E-state index in [0.29, 0.717) is 40.8 Å². The van der Waals surface area contributed by atoms with E-state index < -0.39 is 18.1 Å². The van der Waals surface area contributed by atoms with Crippen molar-refractivity contribution in [1.82, 2.24) is 10.2 Å². The second kappa shape index (κ2) is 9.83. The molecule has 1 atom stereocenters. The quantitative estimate of drug-likeness (QED) is 0.467. The third kappa shape index (κ3) is 5.43. The number of thiophene rings is 1. The van der Waals surface area contributed by atoms with Crippen molar-refractivity contribution in [3.05, 3.63) is 50.4 Å². The Morgan fingerprint density at radius 1 is 1.24 bits per heavy atom. The van der Waals surface area contributed by atoms with Crippen LogP contribution in [0.5, 0.6) is 0 Å². The molecule has 5 nitrogen and oxygen atoms in total. The molecule has 1 fully saturated rings. The maximum absolute atomic E-state index is 15.0. The van der Waals surface area contributed by atoms with Gasteiger partial charge in [0, 0.05) is 53.8 Å². The molecule has 37 heavy (non-hydrogen) atoms. The second-order valence-corrected chi connectivity index (χ2v) is 13.1. The van der Waals surface area contributed by atoms with Gasteiger partial charge in [-0.1, -0.05) is 23.7 Å². The molecule has 1 aromatic carbocycles. The van der Waals surface area contributed by atoms with E-state index in [9.17, 15) is 13.2 Å². The van der Waals surface area contributed by atoms with E-state index in [1.54, 1.807) is 11.1 Å². The summed E-state index contributed by atoms with van der Waals surface area (Å²) < 4.78 is 50.1. The van der Waals surface area contributed by atoms with E-state index in [1.165, 1.54) is 23.5 Å². The first-order valence-electron chi connectivity index (χ1n) is 12.8. The van der Waals surface area contributed by atoms with E-state index in [-0.39, 0.29) is 22.8 Å². The van der Waals surface area contributed by atoms with E-state index in [1.807, 2.05) is 13.0 Å². The molecule has 2 aromatic rings. The number of hydrogen-bond acceptors (Lipinski definition) is 6. The number of hydrogen-bond donors (Lipinski definition) is 1. The first kappa shape index (κ1) is 26.9. The van der Waals surface area contributed by atoms with Gasteiger partial charge in [-0.2, -0.15) is 13.9 Å². The van der Waals surface area contributed by atoms with Gasteiger partial charge in [-0.3, -0.25) is 5.01 Å². The number of rotatable bonds is 5. The molecule has 4 heterocycles. The van der Waals surface area contributed by atoms with Crippen LogP contribution in [0, 0.1) is 11.7 Å². The number of nitrogens with one attached hydrogen (secondary N) is 1. The van der Waals surface area contributed by atoms with Crippen LogP contribution in [0.15, 0.2) is 29.4 Å². The summed E-state index contributed by atoms with van der Waals surface area (Å²) in [7, 11) is 0. The molecule has 1 N–H and O–H groups in total. The monoisotopic (exact) mass is 554 g/mol. The molecule has 0 radical (unpaired) electrons. The molecule has 10 heteroatoms. The zero-order valence-corrected chi connectivity index (χ0v) is 23.3. The Hall–Kier alpha value is -1.65. The van der Waals surface area contributed by atoms with Gasteiger partial charge < -0.3 is 15.0 Å². The fourth-order valence-corrected chi connectivity index (χ4v) is 6.94. The largest absolute Gasteiger partial charge is 0.363 e. The third-order valence-electron chi connectivity index (χ3n) is 7.58. The number of nitrogens with zero attached hydrogens (tertiary/aromatic N) is 3. The zero-order valence-electron chi connectivity index (χ0n) is 21.7. The van der Waals surface area contributed by atoms with Crippen LogP contribution in [0.1, 0.15) is 56.5 Å². The molecule has 3 aliphatic rings. The standard InChI is InChI=1S/C27H34ClF3N4OS/c1-17-19(15-35(33-17)23-18(6-5-7-21(23)29)13-32-25(2,3)4)14-34-10-8-26(9-11-34)24-20(12-22(28)37-24)27(30,31)16-36-26/h5-7,12,19,32H,8-11,13-16H2,1-4H3. The summed E-state index contributed by atoms with van der Waals surface area (Å²) in [4.78, 5) is 2.92. The highest BCUT2D eigenvalue weighted by Gasteiger charge is 2.51. The lowest BCUT2D eigenvalue weighted by Gasteiger charge is -2.45. The second-order valence-electron chi connectivity index (χ2n) is 11.5. The summed E-state index contributed by atoms with van der Waals surface area (Å²) in [5.41, 5.74) is 1.62. The average Bonchev–Trinajstić information content (AvgIpc) is 3.40. The number of halogens is 4. The number of alkyl halides is 2. The van der Waals surface area contributed by atoms with Crippen molar-refractivity contribution in [3.63, 3.8) is 0 Å². The third-order valence-corrected chi connectivity index (χ3v) is 9.03. The van der Waals surface area contributed by atoms with Crippen molar-refractivity contribution >= 4 is 34.3 Å². The topological polar surface area (TPSA) is 40.1 Å². The first-order valence-corrected chi connectivity index (χ1v) is 14.0. The number of anilines is 1. The Morgan fingerprint density at radius 2 is 1.97 bits per heavy atom. The van der Waals surface area contributed by atoms with Crippen LogP contribution in [0.2, 0.25) is 4.34 Å². The lowest BCUT2D eigenvalue weighted by Crippen LogP contribution is -2.50. The molecule has 202 valence electrons. The summed E-state index contributed by atoms with van der Waals surface area (Å²) in [6.07, 6.45) is 1.27. The number of para-hydroxylation sites is 1. The molecular formula is C27H34ClF3N4OS. The number of likely N-dealkylation sites (tertiary alicyclic amines) is 1. The highest BCUT2D eigenvalue weighted by molar-refractivity contribution is 7.16. The van der Waals surface area contributed by atoms with Crippen LogP contribution in [-0.2, 0) is 22.8 Å². The van der Waals surface area contributed by atoms with Crippen molar-refractivity contribution in [3.8, 4) is 0 Å². The van der Waals surface area contributed by atoms with Crippen LogP contribution in [0.3, 0.4) is 0 Å². The van der Waals surface area contributed by atoms with Crippen LogP contribution in [0.25, 0.3) is 0 Å². The first-order chi connectivity index (χ1) is 17.4. The minimum atomic E-state index is -3.00. The fourth-order valence-electron chi connectivity index (χ4n) is 5.46. The number of fused-ring (bicyclic) bond motifs is 2. The molecule has 0 amide bonds. The van der Waals surface area contributed by atoms with Gasteiger partial charge in [0.25, 0.3) is 5.92 Å². The van der Waals surface area contributed by atoms with Gasteiger partial charge in [-0.15, -0.1) is 11.3 Å². The summed E-state index contributed by atoms with van der Waals surface area (Å²) in [5.74, 6) is -3.13. The van der Waals surface area contributed by atoms with Gasteiger partial charge in [0.1, 0.15) is 18.0 Å². The van der Waals surface area contributed by atoms with Gasteiger partial charge in [-0.05, 0) is 58.2 Å². The van der Waals surface area contributed by atoms with E-state index in [0.717, 1.165) is 30.9 Å². The molecule has 0 bridgehead atoms. The van der Waals surface area contributed by atoms with E-state index in [4.69, 9.17) is 21.4 Å². The van der Waals surface area contributed by atoms with Gasteiger partial charge in [-0.25, -0.2) is 4.39 Å². The normalized spacial score (nSPS) is 23.4. The van der Waals surface area contributed by atoms with Crippen LogP contribution in [0.4, 0.5) is 18.9 Å². The average molecular weight is 555 g/mol. The molecule has 5 rings (SSSR count). The van der Waals surface area contributed by atoms with Gasteiger partial charge >= 0.3 is 0 Å². The highest BCUT2D eigenvalue weighted by atomic mass is 35.5. The number of piperidine rings is 1. The van der Waals surface area contributed by atoms with Crippen molar-refractivity contribution in [2.24, 2.45) is 11.0 Å². The summed E-state index contributed by atoms with van der Waals surface area (Å²) in [6.45, 7) is 11.0. The Morgan fingerprint density at radius 3 is 2.68 bits per heavy atom. The number of benzene rings is 1. The Bertz CT molecular complexity index is 1190. The van der Waals surface area contributed by atoms with E-state index in [2.05, 4.69) is 31.0 Å². The maximum Gasteiger partial charge on any atom is 0.297 e. The molecule has 0 aliphatic carbocycles. The lowest BCUT2D eigenvalue weighted by atomic mass is 9.84. The predicted octanol–water partition coefficient (Wildman–Crippen LogP) is 6.35. The molecule has 0 saturated carbocycles. The predicted molar refractivity (Wildman–Crippen MR) is 143 cm³/mol. The Balaban J connectivity index is 1.25. The molecule has 3 aliphatic heterocycles. The van der Waals surface area contributed by atoms with Gasteiger partial charge in [0.15, 0.2) is 0 Å². The summed E-state index contributed by atoms with van der Waals surface area (Å²) >= 11 is 7.35. The molecular weight excluding hydrogens is 521 g/mol. The maximum atomic E-state index is 15.0. The van der Waals surface area contributed by atoms with E-state index >= 15 is 0 Å². The molecule has 1 spiro atoms. The highest BCUT2D eigenvalue weighted by Crippen LogP contribution is 2.52.